The fourth-order valence-corrected chi connectivity index (χ4v) is 2.78. The van der Waals surface area contributed by atoms with Gasteiger partial charge in [-0.2, -0.15) is 0 Å². The minimum Gasteiger partial charge on any atom is -0.466 e. The number of nitrogens with one attached hydrogen (secondary N) is 3. The van der Waals surface area contributed by atoms with Crippen LogP contribution in [0.3, 0.4) is 0 Å². The van der Waals surface area contributed by atoms with E-state index in [1.165, 1.54) is 0 Å². The molecule has 0 aliphatic heterocycles. The molecule has 0 aliphatic rings. The summed E-state index contributed by atoms with van der Waals surface area (Å²) in [7, 11) is 0. The van der Waals surface area contributed by atoms with E-state index in [1.807, 2.05) is 6.92 Å². The van der Waals surface area contributed by atoms with E-state index in [0.717, 1.165) is 6.42 Å². The molecule has 2 aromatic carbocycles. The highest BCUT2D eigenvalue weighted by molar-refractivity contribution is 7.80. The Labute approximate surface area is 185 Å². The monoisotopic (exact) mass is 447 g/mol. The highest BCUT2D eigenvalue weighted by Crippen LogP contribution is 2.17. The van der Waals surface area contributed by atoms with Crippen molar-refractivity contribution in [1.29, 1.82) is 0 Å². The fraction of sp³-hybridized carbons (Fsp3) is 0.238. The summed E-state index contributed by atoms with van der Waals surface area (Å²) < 4.78 is 4.91. The predicted molar refractivity (Wildman–Crippen MR) is 121 cm³/mol. The lowest BCUT2D eigenvalue weighted by Gasteiger charge is -2.11. The van der Waals surface area contributed by atoms with Crippen LogP contribution in [0.4, 0.5) is 11.4 Å². The minimum atomic E-state index is -0.427. The van der Waals surface area contributed by atoms with Gasteiger partial charge in [-0.3, -0.25) is 14.4 Å². The van der Waals surface area contributed by atoms with Crippen LogP contribution in [0.15, 0.2) is 48.5 Å². The van der Waals surface area contributed by atoms with E-state index in [1.54, 1.807) is 48.5 Å². The number of anilines is 2. The topological polar surface area (TPSA) is 96.5 Å². The van der Waals surface area contributed by atoms with Gasteiger partial charge < -0.3 is 20.7 Å². The van der Waals surface area contributed by atoms with E-state index in [2.05, 4.69) is 16.0 Å². The SMILES string of the molecule is CCCOC(=O)CCC(=O)NC(=S)Nc1cccc(C(=O)Nc2cccc(Cl)c2)c1. The van der Waals surface area contributed by atoms with E-state index in [9.17, 15) is 14.4 Å². The van der Waals surface area contributed by atoms with Crippen molar-refractivity contribution in [2.45, 2.75) is 26.2 Å². The van der Waals surface area contributed by atoms with E-state index >= 15 is 0 Å². The molecule has 0 aromatic heterocycles. The van der Waals surface area contributed by atoms with Gasteiger partial charge in [0, 0.05) is 28.4 Å². The molecule has 2 aromatic rings. The third-order valence-corrected chi connectivity index (χ3v) is 4.18. The molecule has 2 rings (SSSR count). The van der Waals surface area contributed by atoms with Gasteiger partial charge in [0.05, 0.1) is 13.0 Å². The number of carbonyl (C=O) groups is 3. The number of ether oxygens (including phenoxy) is 1. The van der Waals surface area contributed by atoms with E-state index in [0.29, 0.717) is 28.6 Å². The standard InChI is InChI=1S/C21H22ClN3O4S/c1-2-11-29-19(27)10-9-18(26)25-21(30)24-16-7-3-5-14(12-16)20(28)23-17-8-4-6-15(22)13-17/h3-8,12-13H,2,9-11H2,1H3,(H,23,28)(H2,24,25,26,30). The van der Waals surface area contributed by atoms with Gasteiger partial charge in [0.15, 0.2) is 5.11 Å². The lowest BCUT2D eigenvalue weighted by atomic mass is 10.2. The highest BCUT2D eigenvalue weighted by Gasteiger charge is 2.11. The lowest BCUT2D eigenvalue weighted by molar-refractivity contribution is -0.144. The van der Waals surface area contributed by atoms with Gasteiger partial charge in [-0.15, -0.1) is 0 Å². The molecule has 3 N–H and O–H groups in total. The van der Waals surface area contributed by atoms with Gasteiger partial charge in [-0.25, -0.2) is 0 Å². The van der Waals surface area contributed by atoms with Crippen molar-refractivity contribution in [3.05, 3.63) is 59.1 Å². The summed E-state index contributed by atoms with van der Waals surface area (Å²) in [5.41, 5.74) is 1.50. The molecule has 0 saturated heterocycles. The van der Waals surface area contributed by atoms with E-state index in [4.69, 9.17) is 28.6 Å². The maximum atomic E-state index is 12.4. The molecule has 30 heavy (non-hydrogen) atoms. The Bertz CT molecular complexity index is 936. The molecule has 0 fully saturated rings. The summed E-state index contributed by atoms with van der Waals surface area (Å²) in [4.78, 5) is 35.8. The van der Waals surface area contributed by atoms with Gasteiger partial charge in [0.2, 0.25) is 5.91 Å². The molecule has 2 amide bonds. The summed E-state index contributed by atoms with van der Waals surface area (Å²) in [5.74, 6) is -1.15. The molecule has 0 bridgehead atoms. The van der Waals surface area contributed by atoms with Crippen molar-refractivity contribution in [2.75, 3.05) is 17.2 Å². The van der Waals surface area contributed by atoms with Gasteiger partial charge in [-0.1, -0.05) is 30.7 Å². The summed E-state index contributed by atoms with van der Waals surface area (Å²) in [6.45, 7) is 2.22. The van der Waals surface area contributed by atoms with E-state index < -0.39 is 11.9 Å². The van der Waals surface area contributed by atoms with Crippen molar-refractivity contribution in [3.63, 3.8) is 0 Å². The normalized spacial score (nSPS) is 10.1. The zero-order valence-corrected chi connectivity index (χ0v) is 17.9. The molecular weight excluding hydrogens is 426 g/mol. The fourth-order valence-electron chi connectivity index (χ4n) is 2.36. The lowest BCUT2D eigenvalue weighted by Crippen LogP contribution is -2.34. The number of hydrogen-bond acceptors (Lipinski definition) is 5. The molecule has 0 aliphatic carbocycles. The molecule has 0 unspecified atom stereocenters. The Morgan fingerprint density at radius 3 is 2.40 bits per heavy atom. The number of benzene rings is 2. The van der Waals surface area contributed by atoms with Crippen molar-refractivity contribution in [3.8, 4) is 0 Å². The number of esters is 1. The van der Waals surface area contributed by atoms with Gasteiger partial charge in [-0.05, 0) is 55.0 Å². The zero-order chi connectivity index (χ0) is 21.9. The third-order valence-electron chi connectivity index (χ3n) is 3.74. The second-order valence-corrected chi connectivity index (χ2v) is 7.11. The Hall–Kier alpha value is -2.97. The smallest absolute Gasteiger partial charge is 0.306 e. The van der Waals surface area contributed by atoms with Crippen LogP contribution in [0.5, 0.6) is 0 Å². The summed E-state index contributed by atoms with van der Waals surface area (Å²) >= 11 is 11.0. The van der Waals surface area contributed by atoms with Gasteiger partial charge in [0.1, 0.15) is 0 Å². The largest absolute Gasteiger partial charge is 0.466 e. The number of halogens is 1. The maximum Gasteiger partial charge on any atom is 0.306 e. The Balaban J connectivity index is 1.86. The number of rotatable bonds is 8. The molecule has 9 heteroatoms. The van der Waals surface area contributed by atoms with Gasteiger partial charge in [0.25, 0.3) is 5.91 Å². The first kappa shape index (κ1) is 23.3. The average molecular weight is 448 g/mol. The molecular formula is C21H22ClN3O4S. The second-order valence-electron chi connectivity index (χ2n) is 6.27. The first-order chi connectivity index (χ1) is 14.4. The molecule has 0 heterocycles. The average Bonchev–Trinajstić information content (AvgIpc) is 2.70. The van der Waals surface area contributed by atoms with Crippen molar-refractivity contribution >= 4 is 58.1 Å². The number of thiocarbonyl (C=S) groups is 1. The first-order valence-corrected chi connectivity index (χ1v) is 10.1. The van der Waals surface area contributed by atoms with Crippen LogP contribution in [-0.4, -0.2) is 29.5 Å². The van der Waals surface area contributed by atoms with Crippen molar-refractivity contribution in [2.24, 2.45) is 0 Å². The molecule has 7 nitrogen and oxygen atoms in total. The number of hydrogen-bond donors (Lipinski definition) is 3. The molecule has 0 atom stereocenters. The van der Waals surface area contributed by atoms with Crippen molar-refractivity contribution < 1.29 is 19.1 Å². The Kier molecular flexibility index (Phi) is 9.24. The van der Waals surface area contributed by atoms with Crippen molar-refractivity contribution in [1.82, 2.24) is 5.32 Å². The second kappa shape index (κ2) is 11.9. The summed E-state index contributed by atoms with van der Waals surface area (Å²) in [6.07, 6.45) is 0.669. The quantitative estimate of drug-likeness (QED) is 0.415. The summed E-state index contributed by atoms with van der Waals surface area (Å²) in [6, 6.07) is 13.5. The zero-order valence-electron chi connectivity index (χ0n) is 16.4. The molecule has 0 saturated carbocycles. The first-order valence-electron chi connectivity index (χ1n) is 9.31. The molecule has 158 valence electrons. The van der Waals surface area contributed by atoms with E-state index in [-0.39, 0.29) is 23.9 Å². The van der Waals surface area contributed by atoms with Crippen LogP contribution in [-0.2, 0) is 14.3 Å². The Morgan fingerprint density at radius 1 is 1.00 bits per heavy atom. The minimum absolute atomic E-state index is 0.0202. The van der Waals surface area contributed by atoms with Crippen LogP contribution in [0.25, 0.3) is 0 Å². The van der Waals surface area contributed by atoms with Crippen LogP contribution in [0, 0.1) is 0 Å². The maximum absolute atomic E-state index is 12.4. The molecule has 0 spiro atoms. The van der Waals surface area contributed by atoms with Crippen LogP contribution in [0.2, 0.25) is 5.02 Å². The third kappa shape index (κ3) is 8.18. The number of amides is 2. The van der Waals surface area contributed by atoms with Crippen LogP contribution >= 0.6 is 23.8 Å². The predicted octanol–water partition coefficient (Wildman–Crippen LogP) is 4.14. The Morgan fingerprint density at radius 2 is 1.70 bits per heavy atom. The molecule has 0 radical (unpaired) electrons. The number of carbonyl (C=O) groups excluding carboxylic acids is 3. The highest BCUT2D eigenvalue weighted by atomic mass is 35.5. The summed E-state index contributed by atoms with van der Waals surface area (Å²) in [5, 5.41) is 8.68. The van der Waals surface area contributed by atoms with Crippen LogP contribution < -0.4 is 16.0 Å². The van der Waals surface area contributed by atoms with Crippen LogP contribution in [0.1, 0.15) is 36.5 Å². The van der Waals surface area contributed by atoms with Gasteiger partial charge >= 0.3 is 5.97 Å².